The molecule has 1 aromatic rings. The van der Waals surface area contributed by atoms with Gasteiger partial charge in [-0.1, -0.05) is 27.2 Å². The Hall–Kier alpha value is -0.610. The first-order chi connectivity index (χ1) is 8.61. The lowest BCUT2D eigenvalue weighted by Crippen LogP contribution is -2.33. The number of pyridine rings is 1. The van der Waals surface area contributed by atoms with Crippen molar-refractivity contribution in [1.82, 2.24) is 10.3 Å². The minimum Gasteiger partial charge on any atom is -0.487 e. The van der Waals surface area contributed by atoms with Crippen LogP contribution < -0.4 is 10.1 Å². The number of rotatable bonds is 8. The number of hydrogen-bond donors (Lipinski definition) is 1. The fourth-order valence-corrected chi connectivity index (χ4v) is 2.05. The van der Waals surface area contributed by atoms with Crippen molar-refractivity contribution in [3.05, 3.63) is 22.9 Å². The average Bonchev–Trinajstić information content (AvgIpc) is 2.28. The second-order valence-corrected chi connectivity index (χ2v) is 5.84. The molecule has 18 heavy (non-hydrogen) atoms. The van der Waals surface area contributed by atoms with Crippen molar-refractivity contribution in [1.29, 1.82) is 0 Å². The van der Waals surface area contributed by atoms with Crippen LogP contribution in [0.1, 0.15) is 33.6 Å². The van der Waals surface area contributed by atoms with E-state index in [0.29, 0.717) is 5.92 Å². The van der Waals surface area contributed by atoms with Gasteiger partial charge in [-0.3, -0.25) is 4.98 Å². The molecule has 0 bridgehead atoms. The van der Waals surface area contributed by atoms with Gasteiger partial charge in [-0.05, 0) is 40.9 Å². The molecule has 1 atom stereocenters. The molecule has 0 radical (unpaired) electrons. The van der Waals surface area contributed by atoms with Crippen LogP contribution in [-0.2, 0) is 0 Å². The van der Waals surface area contributed by atoms with E-state index >= 15 is 0 Å². The van der Waals surface area contributed by atoms with Gasteiger partial charge in [0.1, 0.15) is 11.9 Å². The third-order valence-electron chi connectivity index (χ3n) is 2.52. The molecular weight excluding hydrogens is 292 g/mol. The van der Waals surface area contributed by atoms with Gasteiger partial charge >= 0.3 is 0 Å². The maximum atomic E-state index is 5.96. The number of nitrogens with zero attached hydrogens (tertiary/aromatic N) is 1. The van der Waals surface area contributed by atoms with Crippen LogP contribution in [0.2, 0.25) is 0 Å². The molecule has 0 aliphatic rings. The Labute approximate surface area is 118 Å². The van der Waals surface area contributed by atoms with Gasteiger partial charge < -0.3 is 10.1 Å². The quantitative estimate of drug-likeness (QED) is 0.795. The summed E-state index contributed by atoms with van der Waals surface area (Å²) in [4.78, 5) is 4.11. The average molecular weight is 315 g/mol. The van der Waals surface area contributed by atoms with Gasteiger partial charge in [-0.2, -0.15) is 0 Å². The van der Waals surface area contributed by atoms with Crippen LogP contribution in [0.25, 0.3) is 0 Å². The Morgan fingerprint density at radius 1 is 1.33 bits per heavy atom. The second kappa shape index (κ2) is 8.48. The first-order valence-electron chi connectivity index (χ1n) is 6.59. The summed E-state index contributed by atoms with van der Waals surface area (Å²) in [5, 5.41) is 3.45. The van der Waals surface area contributed by atoms with E-state index in [1.807, 2.05) is 6.07 Å². The normalized spacial score (nSPS) is 12.7. The van der Waals surface area contributed by atoms with Gasteiger partial charge in [0.2, 0.25) is 0 Å². The highest BCUT2D eigenvalue weighted by atomic mass is 79.9. The lowest BCUT2D eigenvalue weighted by molar-refractivity contribution is 0.184. The molecule has 0 saturated carbocycles. The summed E-state index contributed by atoms with van der Waals surface area (Å²) >= 11 is 3.40. The molecule has 1 aromatic heterocycles. The predicted octanol–water partition coefficient (Wildman–Crippen LogP) is 3.64. The maximum absolute atomic E-state index is 5.96. The Morgan fingerprint density at radius 2 is 2.11 bits per heavy atom. The number of halogens is 1. The Balaban J connectivity index is 2.46. The zero-order chi connectivity index (χ0) is 13.4. The van der Waals surface area contributed by atoms with Crippen LogP contribution in [0, 0.1) is 5.92 Å². The number of ether oxygens (including phenoxy) is 1. The zero-order valence-corrected chi connectivity index (χ0v) is 13.0. The van der Waals surface area contributed by atoms with Crippen molar-refractivity contribution in [3.63, 3.8) is 0 Å². The molecule has 1 rings (SSSR count). The highest BCUT2D eigenvalue weighted by Gasteiger charge is 2.10. The molecule has 1 heterocycles. The van der Waals surface area contributed by atoms with Crippen molar-refractivity contribution in [2.45, 2.75) is 39.7 Å². The van der Waals surface area contributed by atoms with E-state index < -0.39 is 0 Å². The van der Waals surface area contributed by atoms with Crippen LogP contribution in [0.3, 0.4) is 0 Å². The van der Waals surface area contributed by atoms with Gasteiger partial charge in [0.15, 0.2) is 0 Å². The first kappa shape index (κ1) is 15.4. The van der Waals surface area contributed by atoms with Crippen molar-refractivity contribution >= 4 is 15.9 Å². The van der Waals surface area contributed by atoms with Gasteiger partial charge in [-0.15, -0.1) is 0 Å². The minimum atomic E-state index is 0.213. The van der Waals surface area contributed by atoms with Crippen LogP contribution in [0.4, 0.5) is 0 Å². The van der Waals surface area contributed by atoms with Crippen LogP contribution in [0.15, 0.2) is 22.9 Å². The van der Waals surface area contributed by atoms with Crippen molar-refractivity contribution in [2.75, 3.05) is 13.1 Å². The number of hydrogen-bond acceptors (Lipinski definition) is 3. The summed E-state index contributed by atoms with van der Waals surface area (Å²) in [6, 6.07) is 1.96. The lowest BCUT2D eigenvalue weighted by Gasteiger charge is -2.19. The number of aromatic nitrogens is 1. The molecular formula is C14H23BrN2O. The van der Waals surface area contributed by atoms with E-state index in [9.17, 15) is 0 Å². The molecule has 0 spiro atoms. The fourth-order valence-electron chi connectivity index (χ4n) is 1.71. The molecule has 0 saturated heterocycles. The molecule has 0 aliphatic carbocycles. The summed E-state index contributed by atoms with van der Waals surface area (Å²) in [5.41, 5.74) is 0. The fraction of sp³-hybridized carbons (Fsp3) is 0.643. The highest BCUT2D eigenvalue weighted by molar-refractivity contribution is 9.10. The molecule has 0 amide bonds. The standard InChI is InChI=1S/C14H23BrN2O/c1-4-5-13(9-16-7-11(2)3)18-14-6-12(15)8-17-10-14/h6,8,10-11,13,16H,4-5,7,9H2,1-3H3. The van der Waals surface area contributed by atoms with E-state index in [-0.39, 0.29) is 6.10 Å². The van der Waals surface area contributed by atoms with E-state index in [1.54, 1.807) is 12.4 Å². The van der Waals surface area contributed by atoms with Crippen molar-refractivity contribution < 1.29 is 4.74 Å². The Bertz CT molecular complexity index is 344. The van der Waals surface area contributed by atoms with Crippen molar-refractivity contribution in [3.8, 4) is 5.75 Å². The molecule has 1 unspecified atom stereocenters. The lowest BCUT2D eigenvalue weighted by atomic mass is 10.2. The summed E-state index contributed by atoms with van der Waals surface area (Å²) in [7, 11) is 0. The van der Waals surface area contributed by atoms with Gasteiger partial charge in [-0.25, -0.2) is 0 Å². The smallest absolute Gasteiger partial charge is 0.139 e. The van der Waals surface area contributed by atoms with E-state index in [0.717, 1.165) is 36.2 Å². The summed E-state index contributed by atoms with van der Waals surface area (Å²) < 4.78 is 6.91. The third-order valence-corrected chi connectivity index (χ3v) is 2.95. The van der Waals surface area contributed by atoms with Gasteiger partial charge in [0, 0.05) is 17.2 Å². The van der Waals surface area contributed by atoms with Crippen LogP contribution >= 0.6 is 15.9 Å². The maximum Gasteiger partial charge on any atom is 0.139 e. The topological polar surface area (TPSA) is 34.1 Å². The Kier molecular flexibility index (Phi) is 7.28. The minimum absolute atomic E-state index is 0.213. The third kappa shape index (κ3) is 6.36. The molecule has 3 nitrogen and oxygen atoms in total. The van der Waals surface area contributed by atoms with Crippen LogP contribution in [-0.4, -0.2) is 24.2 Å². The first-order valence-corrected chi connectivity index (χ1v) is 7.39. The van der Waals surface area contributed by atoms with Crippen LogP contribution in [0.5, 0.6) is 5.75 Å². The zero-order valence-electron chi connectivity index (χ0n) is 11.4. The summed E-state index contributed by atoms with van der Waals surface area (Å²) in [6.07, 6.45) is 5.91. The highest BCUT2D eigenvalue weighted by Crippen LogP contribution is 2.18. The van der Waals surface area contributed by atoms with Gasteiger partial charge in [0.25, 0.3) is 0 Å². The Morgan fingerprint density at radius 3 is 2.72 bits per heavy atom. The molecule has 1 N–H and O–H groups in total. The second-order valence-electron chi connectivity index (χ2n) is 4.92. The molecule has 4 heteroatoms. The monoisotopic (exact) mass is 314 g/mol. The molecule has 0 aliphatic heterocycles. The predicted molar refractivity (Wildman–Crippen MR) is 79.0 cm³/mol. The summed E-state index contributed by atoms with van der Waals surface area (Å²) in [5.74, 6) is 1.49. The summed E-state index contributed by atoms with van der Waals surface area (Å²) in [6.45, 7) is 8.51. The largest absolute Gasteiger partial charge is 0.487 e. The number of nitrogens with one attached hydrogen (secondary N) is 1. The molecule has 102 valence electrons. The van der Waals surface area contributed by atoms with E-state index in [1.165, 1.54) is 0 Å². The van der Waals surface area contributed by atoms with E-state index in [2.05, 4.69) is 47.0 Å². The van der Waals surface area contributed by atoms with Crippen molar-refractivity contribution in [2.24, 2.45) is 5.92 Å². The molecule has 0 fully saturated rings. The SMILES string of the molecule is CCCC(CNCC(C)C)Oc1cncc(Br)c1. The van der Waals surface area contributed by atoms with Gasteiger partial charge in [0.05, 0.1) is 6.20 Å². The van der Waals surface area contributed by atoms with E-state index in [4.69, 9.17) is 4.74 Å². The molecule has 0 aromatic carbocycles.